The fraction of sp³-hybridized carbons (Fsp3) is 0.286. The number of rotatable bonds is 5. The number of nitrogens with zero attached hydrogens (tertiary/aromatic N) is 5. The Morgan fingerprint density at radius 3 is 2.60 bits per heavy atom. The van der Waals surface area contributed by atoms with E-state index in [0.29, 0.717) is 17.4 Å². The van der Waals surface area contributed by atoms with Gasteiger partial charge in [-0.1, -0.05) is 17.7 Å². The highest BCUT2D eigenvalue weighted by molar-refractivity contribution is 6.30. The van der Waals surface area contributed by atoms with Crippen LogP contribution in [0, 0.1) is 19.8 Å². The lowest BCUT2D eigenvalue weighted by Crippen LogP contribution is -2.33. The van der Waals surface area contributed by atoms with Crippen molar-refractivity contribution in [1.29, 1.82) is 0 Å². The molecule has 0 saturated carbocycles. The SMILES string of the molecule is Cc1ccc(-n2nnnc2CNC(=O)C2CC(=O)N(c3ccc(Cl)cc3)C2)cc1C. The number of carbonyl (C=O) groups excluding carboxylic acids is 2. The van der Waals surface area contributed by atoms with Gasteiger partial charge in [0.1, 0.15) is 0 Å². The molecule has 1 aliphatic heterocycles. The monoisotopic (exact) mass is 424 g/mol. The third-order valence-corrected chi connectivity index (χ3v) is 5.58. The van der Waals surface area contributed by atoms with Crippen molar-refractivity contribution < 1.29 is 9.59 Å². The Kier molecular flexibility index (Phi) is 5.50. The zero-order valence-corrected chi connectivity index (χ0v) is 17.4. The quantitative estimate of drug-likeness (QED) is 0.679. The minimum atomic E-state index is -0.431. The van der Waals surface area contributed by atoms with Crippen molar-refractivity contribution >= 4 is 29.1 Å². The normalized spacial score (nSPS) is 16.2. The Balaban J connectivity index is 1.41. The van der Waals surface area contributed by atoms with Gasteiger partial charge in [-0.05, 0) is 71.8 Å². The van der Waals surface area contributed by atoms with Crippen LogP contribution in [0.4, 0.5) is 5.69 Å². The van der Waals surface area contributed by atoms with Gasteiger partial charge in [-0.3, -0.25) is 9.59 Å². The summed E-state index contributed by atoms with van der Waals surface area (Å²) in [5.41, 5.74) is 3.87. The summed E-state index contributed by atoms with van der Waals surface area (Å²) in [6, 6.07) is 12.9. The van der Waals surface area contributed by atoms with E-state index in [1.54, 1.807) is 33.8 Å². The van der Waals surface area contributed by atoms with Gasteiger partial charge in [0.25, 0.3) is 0 Å². The minimum absolute atomic E-state index is 0.0857. The van der Waals surface area contributed by atoms with E-state index in [1.165, 1.54) is 5.56 Å². The topological polar surface area (TPSA) is 93.0 Å². The van der Waals surface area contributed by atoms with Gasteiger partial charge in [-0.15, -0.1) is 5.10 Å². The highest BCUT2D eigenvalue weighted by Crippen LogP contribution is 2.26. The maximum absolute atomic E-state index is 12.7. The van der Waals surface area contributed by atoms with E-state index in [0.717, 1.165) is 16.9 Å². The molecule has 1 fully saturated rings. The number of tetrazole rings is 1. The van der Waals surface area contributed by atoms with Crippen molar-refractivity contribution in [3.8, 4) is 5.69 Å². The van der Waals surface area contributed by atoms with Gasteiger partial charge < -0.3 is 10.2 Å². The van der Waals surface area contributed by atoms with Gasteiger partial charge in [-0.2, -0.15) is 4.68 Å². The first-order valence-electron chi connectivity index (χ1n) is 9.61. The molecule has 1 saturated heterocycles. The van der Waals surface area contributed by atoms with Crippen LogP contribution in [0.5, 0.6) is 0 Å². The van der Waals surface area contributed by atoms with E-state index in [4.69, 9.17) is 11.6 Å². The van der Waals surface area contributed by atoms with E-state index in [9.17, 15) is 9.59 Å². The molecule has 0 spiro atoms. The summed E-state index contributed by atoms with van der Waals surface area (Å²) < 4.78 is 1.60. The Bertz CT molecular complexity index is 1100. The average molecular weight is 425 g/mol. The standard InChI is InChI=1S/C21H21ClN6O2/c1-13-3-6-18(9-14(13)2)28-19(24-25-26-28)11-23-21(30)15-10-20(29)27(12-15)17-7-4-16(22)5-8-17/h3-9,15H,10-12H2,1-2H3,(H,23,30). The molecule has 1 aromatic heterocycles. The molecule has 0 aliphatic carbocycles. The summed E-state index contributed by atoms with van der Waals surface area (Å²) in [6.45, 7) is 4.56. The smallest absolute Gasteiger partial charge is 0.227 e. The zero-order valence-electron chi connectivity index (χ0n) is 16.7. The number of aryl methyl sites for hydroxylation is 2. The second-order valence-electron chi connectivity index (χ2n) is 7.38. The lowest BCUT2D eigenvalue weighted by Gasteiger charge is -2.16. The molecule has 154 valence electrons. The van der Waals surface area contributed by atoms with Gasteiger partial charge in [-0.25, -0.2) is 0 Å². The lowest BCUT2D eigenvalue weighted by atomic mass is 10.1. The molecule has 4 rings (SSSR count). The summed E-state index contributed by atoms with van der Waals surface area (Å²) in [4.78, 5) is 26.7. The largest absolute Gasteiger partial charge is 0.348 e. The summed E-state index contributed by atoms with van der Waals surface area (Å²) >= 11 is 5.91. The third-order valence-electron chi connectivity index (χ3n) is 5.32. The molecule has 3 aromatic rings. The predicted octanol–water partition coefficient (Wildman–Crippen LogP) is 2.60. The Hall–Kier alpha value is -3.26. The number of aromatic nitrogens is 4. The van der Waals surface area contributed by atoms with Gasteiger partial charge in [0.15, 0.2) is 5.82 Å². The van der Waals surface area contributed by atoms with E-state index in [2.05, 4.69) is 20.8 Å². The number of halogens is 1. The molecule has 2 aromatic carbocycles. The number of nitrogens with one attached hydrogen (secondary N) is 1. The van der Waals surface area contributed by atoms with Gasteiger partial charge in [0.05, 0.1) is 18.2 Å². The molecule has 30 heavy (non-hydrogen) atoms. The first-order valence-corrected chi connectivity index (χ1v) is 9.98. The number of hydrogen-bond acceptors (Lipinski definition) is 5. The molecule has 2 amide bonds. The number of hydrogen-bond donors (Lipinski definition) is 1. The highest BCUT2D eigenvalue weighted by Gasteiger charge is 2.35. The molecule has 1 unspecified atom stereocenters. The number of amides is 2. The molecule has 9 heteroatoms. The first kappa shape index (κ1) is 20.0. The molecule has 0 bridgehead atoms. The predicted molar refractivity (Wildman–Crippen MR) is 112 cm³/mol. The van der Waals surface area contributed by atoms with Crippen LogP contribution < -0.4 is 10.2 Å². The van der Waals surface area contributed by atoms with Crippen LogP contribution in [0.15, 0.2) is 42.5 Å². The molecular weight excluding hydrogens is 404 g/mol. The Morgan fingerprint density at radius 2 is 1.87 bits per heavy atom. The van der Waals surface area contributed by atoms with Crippen molar-refractivity contribution in [2.24, 2.45) is 5.92 Å². The Labute approximate surface area is 178 Å². The number of carbonyl (C=O) groups is 2. The van der Waals surface area contributed by atoms with Crippen molar-refractivity contribution in [3.05, 3.63) is 64.4 Å². The molecular formula is C21H21ClN6O2. The minimum Gasteiger partial charge on any atom is -0.348 e. The van der Waals surface area contributed by atoms with E-state index in [1.807, 2.05) is 32.0 Å². The van der Waals surface area contributed by atoms with Gasteiger partial charge in [0, 0.05) is 23.7 Å². The van der Waals surface area contributed by atoms with Gasteiger partial charge >= 0.3 is 0 Å². The van der Waals surface area contributed by atoms with Crippen molar-refractivity contribution in [2.45, 2.75) is 26.8 Å². The molecule has 2 heterocycles. The molecule has 1 N–H and O–H groups in total. The average Bonchev–Trinajstić information content (AvgIpc) is 3.35. The van der Waals surface area contributed by atoms with Crippen LogP contribution in [-0.4, -0.2) is 38.6 Å². The molecule has 1 atom stereocenters. The van der Waals surface area contributed by atoms with Crippen molar-refractivity contribution in [1.82, 2.24) is 25.5 Å². The zero-order chi connectivity index (χ0) is 21.3. The lowest BCUT2D eigenvalue weighted by molar-refractivity contribution is -0.126. The van der Waals surface area contributed by atoms with E-state index >= 15 is 0 Å². The first-order chi connectivity index (χ1) is 14.4. The van der Waals surface area contributed by atoms with Crippen LogP contribution in [0.2, 0.25) is 5.02 Å². The van der Waals surface area contributed by atoms with Crippen LogP contribution in [0.3, 0.4) is 0 Å². The number of anilines is 1. The number of benzene rings is 2. The van der Waals surface area contributed by atoms with E-state index < -0.39 is 5.92 Å². The van der Waals surface area contributed by atoms with Crippen LogP contribution in [0.1, 0.15) is 23.4 Å². The third kappa shape index (κ3) is 4.04. The second-order valence-corrected chi connectivity index (χ2v) is 7.81. The summed E-state index contributed by atoms with van der Waals surface area (Å²) in [5, 5.41) is 15.3. The molecule has 1 aliphatic rings. The molecule has 0 radical (unpaired) electrons. The summed E-state index contributed by atoms with van der Waals surface area (Å²) in [5.74, 6) is -0.198. The van der Waals surface area contributed by atoms with Crippen LogP contribution in [-0.2, 0) is 16.1 Å². The fourth-order valence-electron chi connectivity index (χ4n) is 3.44. The van der Waals surface area contributed by atoms with Crippen molar-refractivity contribution in [2.75, 3.05) is 11.4 Å². The molecule has 8 nitrogen and oxygen atoms in total. The fourth-order valence-corrected chi connectivity index (χ4v) is 3.56. The van der Waals surface area contributed by atoms with Gasteiger partial charge in [0.2, 0.25) is 11.8 Å². The van der Waals surface area contributed by atoms with E-state index in [-0.39, 0.29) is 24.8 Å². The van der Waals surface area contributed by atoms with Crippen LogP contribution in [0.25, 0.3) is 5.69 Å². The summed E-state index contributed by atoms with van der Waals surface area (Å²) in [7, 11) is 0. The second kappa shape index (κ2) is 8.23. The maximum Gasteiger partial charge on any atom is 0.227 e. The maximum atomic E-state index is 12.7. The van der Waals surface area contributed by atoms with Crippen molar-refractivity contribution in [3.63, 3.8) is 0 Å². The summed E-state index contributed by atoms with van der Waals surface area (Å²) in [6.07, 6.45) is 0.163. The van der Waals surface area contributed by atoms with Crippen LogP contribution >= 0.6 is 11.6 Å². The highest BCUT2D eigenvalue weighted by atomic mass is 35.5. The Morgan fingerprint density at radius 1 is 1.13 bits per heavy atom.